The first kappa shape index (κ1) is 13.8. The SMILES string of the molecule is COC(=O)c1cncc(N2CC(CN=[N+]=[N-])CC2=O)c1. The highest BCUT2D eigenvalue weighted by Crippen LogP contribution is 2.25. The number of anilines is 1. The summed E-state index contributed by atoms with van der Waals surface area (Å²) in [7, 11) is 1.28. The minimum absolute atomic E-state index is 0.0137. The van der Waals surface area contributed by atoms with E-state index >= 15 is 0 Å². The van der Waals surface area contributed by atoms with Gasteiger partial charge in [0.25, 0.3) is 0 Å². The summed E-state index contributed by atoms with van der Waals surface area (Å²) in [4.78, 5) is 31.6. The molecule has 1 aromatic heterocycles. The predicted octanol–water partition coefficient (Wildman–Crippen LogP) is 1.53. The van der Waals surface area contributed by atoms with Gasteiger partial charge in [-0.15, -0.1) is 0 Å². The smallest absolute Gasteiger partial charge is 0.339 e. The van der Waals surface area contributed by atoms with Gasteiger partial charge in [0.2, 0.25) is 5.91 Å². The van der Waals surface area contributed by atoms with Gasteiger partial charge in [0.15, 0.2) is 0 Å². The molecular weight excluding hydrogens is 262 g/mol. The van der Waals surface area contributed by atoms with Gasteiger partial charge in [-0.05, 0) is 17.5 Å². The van der Waals surface area contributed by atoms with E-state index in [1.807, 2.05) is 0 Å². The Morgan fingerprint density at radius 1 is 1.65 bits per heavy atom. The average molecular weight is 275 g/mol. The standard InChI is InChI=1S/C12H13N5O3/c1-20-12(19)9-3-10(6-14-5-9)17-7-8(2-11(17)18)4-15-16-13/h3,5-6,8H,2,4,7H2,1H3. The zero-order valence-electron chi connectivity index (χ0n) is 10.9. The van der Waals surface area contributed by atoms with Crippen molar-refractivity contribution in [1.82, 2.24) is 4.98 Å². The minimum Gasteiger partial charge on any atom is -0.465 e. The zero-order chi connectivity index (χ0) is 14.5. The number of pyridine rings is 1. The summed E-state index contributed by atoms with van der Waals surface area (Å²) in [6, 6.07) is 1.56. The van der Waals surface area contributed by atoms with E-state index in [1.54, 1.807) is 6.07 Å². The quantitative estimate of drug-likeness (QED) is 0.359. The molecule has 0 spiro atoms. The van der Waals surface area contributed by atoms with Crippen LogP contribution in [0.1, 0.15) is 16.8 Å². The van der Waals surface area contributed by atoms with Crippen molar-refractivity contribution in [2.24, 2.45) is 11.0 Å². The molecule has 20 heavy (non-hydrogen) atoms. The summed E-state index contributed by atoms with van der Waals surface area (Å²) < 4.78 is 4.62. The lowest BCUT2D eigenvalue weighted by atomic mass is 10.1. The molecule has 0 aliphatic carbocycles. The number of carbonyl (C=O) groups is 2. The second-order valence-corrected chi connectivity index (χ2v) is 4.41. The Hall–Kier alpha value is -2.60. The molecule has 0 aromatic carbocycles. The number of amides is 1. The molecule has 1 aromatic rings. The van der Waals surface area contributed by atoms with Crippen molar-refractivity contribution in [3.8, 4) is 0 Å². The summed E-state index contributed by atoms with van der Waals surface area (Å²) in [6.07, 6.45) is 3.22. The Morgan fingerprint density at radius 3 is 3.15 bits per heavy atom. The number of carbonyl (C=O) groups excluding carboxylic acids is 2. The highest BCUT2D eigenvalue weighted by Gasteiger charge is 2.30. The second kappa shape index (κ2) is 6.03. The lowest BCUT2D eigenvalue weighted by molar-refractivity contribution is -0.117. The molecule has 2 heterocycles. The number of nitrogens with zero attached hydrogens (tertiary/aromatic N) is 5. The van der Waals surface area contributed by atoms with E-state index < -0.39 is 5.97 Å². The van der Waals surface area contributed by atoms with Crippen LogP contribution in [0.25, 0.3) is 10.4 Å². The highest BCUT2D eigenvalue weighted by molar-refractivity contribution is 5.97. The molecule has 0 saturated carbocycles. The Labute approximate surface area is 115 Å². The monoisotopic (exact) mass is 275 g/mol. The average Bonchev–Trinajstić information content (AvgIpc) is 2.85. The summed E-state index contributed by atoms with van der Waals surface area (Å²) in [5.41, 5.74) is 9.13. The maximum Gasteiger partial charge on any atom is 0.339 e. The van der Waals surface area contributed by atoms with Crippen molar-refractivity contribution in [2.75, 3.05) is 25.1 Å². The molecule has 8 nitrogen and oxygen atoms in total. The van der Waals surface area contributed by atoms with Crippen LogP contribution in [0, 0.1) is 5.92 Å². The van der Waals surface area contributed by atoms with Crippen LogP contribution in [0.3, 0.4) is 0 Å². The Kier molecular flexibility index (Phi) is 4.17. The van der Waals surface area contributed by atoms with Gasteiger partial charge in [-0.3, -0.25) is 9.78 Å². The fourth-order valence-electron chi connectivity index (χ4n) is 2.11. The lowest BCUT2D eigenvalue weighted by Crippen LogP contribution is -2.25. The van der Waals surface area contributed by atoms with Gasteiger partial charge in [0, 0.05) is 30.6 Å². The van der Waals surface area contributed by atoms with Gasteiger partial charge >= 0.3 is 5.97 Å². The van der Waals surface area contributed by atoms with Gasteiger partial charge in [-0.2, -0.15) is 0 Å². The molecule has 0 radical (unpaired) electrons. The van der Waals surface area contributed by atoms with Crippen molar-refractivity contribution in [1.29, 1.82) is 0 Å². The van der Waals surface area contributed by atoms with Crippen LogP contribution >= 0.6 is 0 Å². The summed E-state index contributed by atoms with van der Waals surface area (Å²) in [6.45, 7) is 0.729. The predicted molar refractivity (Wildman–Crippen MR) is 70.0 cm³/mol. The molecule has 0 bridgehead atoms. The van der Waals surface area contributed by atoms with Crippen LogP contribution < -0.4 is 4.90 Å². The third-order valence-electron chi connectivity index (χ3n) is 3.06. The summed E-state index contributed by atoms with van der Waals surface area (Å²) >= 11 is 0. The maximum atomic E-state index is 11.9. The van der Waals surface area contributed by atoms with Gasteiger partial charge < -0.3 is 9.64 Å². The van der Waals surface area contributed by atoms with E-state index in [4.69, 9.17) is 5.53 Å². The van der Waals surface area contributed by atoms with Crippen molar-refractivity contribution < 1.29 is 14.3 Å². The highest BCUT2D eigenvalue weighted by atomic mass is 16.5. The minimum atomic E-state index is -0.503. The topological polar surface area (TPSA) is 108 Å². The largest absolute Gasteiger partial charge is 0.465 e. The van der Waals surface area contributed by atoms with Gasteiger partial charge in [-0.25, -0.2) is 4.79 Å². The van der Waals surface area contributed by atoms with Crippen molar-refractivity contribution in [2.45, 2.75) is 6.42 Å². The van der Waals surface area contributed by atoms with Crippen LogP contribution in [-0.4, -0.2) is 37.1 Å². The van der Waals surface area contributed by atoms with E-state index in [9.17, 15) is 9.59 Å². The van der Waals surface area contributed by atoms with E-state index in [-0.39, 0.29) is 23.9 Å². The first-order valence-electron chi connectivity index (χ1n) is 6.00. The molecule has 104 valence electrons. The molecule has 8 heteroatoms. The van der Waals surface area contributed by atoms with E-state index in [0.717, 1.165) is 0 Å². The van der Waals surface area contributed by atoms with Gasteiger partial charge in [0.1, 0.15) is 0 Å². The molecule has 1 aliphatic heterocycles. The van der Waals surface area contributed by atoms with Crippen LogP contribution in [0.5, 0.6) is 0 Å². The summed E-state index contributed by atoms with van der Waals surface area (Å²) in [5, 5.41) is 3.49. The molecule has 1 unspecified atom stereocenters. The third kappa shape index (κ3) is 2.86. The number of azide groups is 1. The van der Waals surface area contributed by atoms with Crippen molar-refractivity contribution in [3.63, 3.8) is 0 Å². The number of hydrogen-bond donors (Lipinski definition) is 0. The first-order chi connectivity index (χ1) is 9.65. The molecule has 1 amide bonds. The zero-order valence-corrected chi connectivity index (χ0v) is 10.9. The fraction of sp³-hybridized carbons (Fsp3) is 0.417. The molecule has 1 atom stereocenters. The van der Waals surface area contributed by atoms with Crippen molar-refractivity contribution in [3.05, 3.63) is 34.5 Å². The van der Waals surface area contributed by atoms with Crippen LogP contribution in [0.2, 0.25) is 0 Å². The second-order valence-electron chi connectivity index (χ2n) is 4.41. The fourth-order valence-corrected chi connectivity index (χ4v) is 2.11. The number of rotatable bonds is 4. The Balaban J connectivity index is 2.17. The van der Waals surface area contributed by atoms with E-state index in [1.165, 1.54) is 24.4 Å². The number of methoxy groups -OCH3 is 1. The van der Waals surface area contributed by atoms with Crippen LogP contribution in [0.4, 0.5) is 5.69 Å². The molecular formula is C12H13N5O3. The number of ether oxygens (including phenoxy) is 1. The maximum absolute atomic E-state index is 11.9. The van der Waals surface area contributed by atoms with E-state index in [0.29, 0.717) is 18.7 Å². The molecule has 1 aliphatic rings. The first-order valence-corrected chi connectivity index (χ1v) is 6.00. The third-order valence-corrected chi connectivity index (χ3v) is 3.06. The van der Waals surface area contributed by atoms with Gasteiger partial charge in [-0.1, -0.05) is 5.11 Å². The Morgan fingerprint density at radius 2 is 2.45 bits per heavy atom. The number of hydrogen-bond acceptors (Lipinski definition) is 5. The normalized spacial score (nSPS) is 17.8. The molecule has 2 rings (SSSR count). The van der Waals surface area contributed by atoms with Gasteiger partial charge in [0.05, 0.1) is 24.6 Å². The Bertz CT molecular complexity index is 582. The van der Waals surface area contributed by atoms with Crippen LogP contribution in [0.15, 0.2) is 23.6 Å². The molecule has 1 saturated heterocycles. The van der Waals surface area contributed by atoms with Crippen LogP contribution in [-0.2, 0) is 9.53 Å². The van der Waals surface area contributed by atoms with Crippen molar-refractivity contribution >= 4 is 17.6 Å². The molecule has 0 N–H and O–H groups in total. The molecule has 1 fully saturated rings. The van der Waals surface area contributed by atoms with E-state index in [2.05, 4.69) is 19.7 Å². The number of aromatic nitrogens is 1. The summed E-state index contributed by atoms with van der Waals surface area (Å²) in [5.74, 6) is -0.594. The number of esters is 1. The lowest BCUT2D eigenvalue weighted by Gasteiger charge is -2.16.